The fourth-order valence-electron chi connectivity index (χ4n) is 6.69. The molecule has 4 aliphatic heterocycles. The highest BCUT2D eigenvalue weighted by molar-refractivity contribution is 8.03. The van der Waals surface area contributed by atoms with Crippen molar-refractivity contribution in [3.05, 3.63) is 70.6 Å². The molecule has 0 aliphatic carbocycles. The molecule has 6 rings (SSSR count). The van der Waals surface area contributed by atoms with E-state index in [1.54, 1.807) is 12.1 Å². The standard InChI is InChI=1S/2C20H22N4O10S/c2*1-9(25)33-10(2)34-19(28)15-11(7-32-20(21)29)8-35-18-14(17(27)24(15)18)22-16(26)13(23-30-3)12-5-4-6-31-12/h4-6,10,14,18H,7-8H2,1-3H3,(H2,21,29)(H,22,26);4-6,8,10,14-15,18H,7H2,1-3H3,(H2,21,29)(H,22,26)/b2*23-13-. The van der Waals surface area contributed by atoms with Gasteiger partial charge in [-0.15, -0.1) is 23.5 Å². The third kappa shape index (κ3) is 12.7. The van der Waals surface area contributed by atoms with E-state index in [-0.39, 0.29) is 58.8 Å². The molecule has 30 heteroatoms. The first kappa shape index (κ1) is 52.9. The lowest BCUT2D eigenvalue weighted by atomic mass is 9.98. The number of rotatable bonds is 18. The summed E-state index contributed by atoms with van der Waals surface area (Å²) in [6.45, 7) is 4.16. The summed E-state index contributed by atoms with van der Waals surface area (Å²) in [5, 5.41) is 12.5. The van der Waals surface area contributed by atoms with Crippen LogP contribution in [0, 0.1) is 0 Å². The molecule has 2 saturated heterocycles. The number of hydrogen-bond donors (Lipinski definition) is 4. The second kappa shape index (κ2) is 23.8. The van der Waals surface area contributed by atoms with Crippen molar-refractivity contribution in [2.24, 2.45) is 21.8 Å². The van der Waals surface area contributed by atoms with Crippen LogP contribution >= 0.6 is 23.5 Å². The first-order valence-electron chi connectivity index (χ1n) is 20.1. The van der Waals surface area contributed by atoms with E-state index >= 15 is 0 Å². The van der Waals surface area contributed by atoms with Crippen molar-refractivity contribution in [2.45, 2.75) is 69.1 Å². The first-order chi connectivity index (χ1) is 33.3. The van der Waals surface area contributed by atoms with Gasteiger partial charge in [0.2, 0.25) is 29.9 Å². The number of nitrogens with two attached hydrogens (primary N) is 2. The maximum absolute atomic E-state index is 13.0. The molecule has 0 aromatic carbocycles. The van der Waals surface area contributed by atoms with Gasteiger partial charge in [0.15, 0.2) is 17.6 Å². The van der Waals surface area contributed by atoms with Crippen molar-refractivity contribution >= 4 is 94.6 Å². The van der Waals surface area contributed by atoms with E-state index in [0.717, 1.165) is 35.4 Å². The number of ether oxygens (including phenoxy) is 6. The van der Waals surface area contributed by atoms with Gasteiger partial charge in [0.05, 0.1) is 12.5 Å². The number of carbonyl (C=O) groups excluding carboxylic acids is 10. The molecule has 6 heterocycles. The SMILES string of the molecule is CO/N=C(\C(=O)NC1C(=O)N2C(C(=O)OC(C)OC(C)=O)=C(COC(N)=O)CSC12)c1ccco1.CO/N=C(\C(=O)NC1C(=O)N2C(C(=O)OC(C)OC(C)=O)C(COC(N)=O)=CSC12)c1ccco1. The third-order valence-corrected chi connectivity index (χ3v) is 12.0. The molecule has 2 aromatic rings. The predicted octanol–water partition coefficient (Wildman–Crippen LogP) is -0.338. The number of thioether (sulfide) groups is 2. The molecule has 4 aliphatic rings. The van der Waals surface area contributed by atoms with Crippen LogP contribution < -0.4 is 22.1 Å². The number of primary amides is 2. The second-order valence-electron chi connectivity index (χ2n) is 14.2. The molecule has 6 amide bonds. The van der Waals surface area contributed by atoms with Crippen LogP contribution in [0.5, 0.6) is 0 Å². The van der Waals surface area contributed by atoms with Gasteiger partial charge in [0.25, 0.3) is 17.7 Å². The van der Waals surface area contributed by atoms with Gasteiger partial charge in [-0.2, -0.15) is 0 Å². The van der Waals surface area contributed by atoms with Gasteiger partial charge in [0.1, 0.15) is 56.0 Å². The molecule has 0 spiro atoms. The number of furan rings is 2. The second-order valence-corrected chi connectivity index (χ2v) is 16.3. The van der Waals surface area contributed by atoms with Crippen molar-refractivity contribution in [3.8, 4) is 0 Å². The lowest BCUT2D eigenvalue weighted by Gasteiger charge is -2.51. The molecule has 7 unspecified atom stereocenters. The maximum Gasteiger partial charge on any atom is 0.404 e. The normalized spacial score (nSPS) is 21.2. The van der Waals surface area contributed by atoms with Crippen LogP contribution in [0.4, 0.5) is 9.59 Å². The number of fused-ring (bicyclic) bond motifs is 2. The Bertz CT molecular complexity index is 2430. The third-order valence-electron chi connectivity index (χ3n) is 9.40. The summed E-state index contributed by atoms with van der Waals surface area (Å²) in [6.07, 6.45) is -1.95. The van der Waals surface area contributed by atoms with Gasteiger partial charge in [-0.05, 0) is 29.7 Å². The maximum atomic E-state index is 13.0. The number of esters is 4. The molecular weight excluding hydrogens is 977 g/mol. The number of carbonyl (C=O) groups is 10. The largest absolute Gasteiger partial charge is 0.462 e. The van der Waals surface area contributed by atoms with Crippen LogP contribution in [0.2, 0.25) is 0 Å². The van der Waals surface area contributed by atoms with Gasteiger partial charge in [-0.3, -0.25) is 33.7 Å². The molecule has 0 radical (unpaired) electrons. The van der Waals surface area contributed by atoms with E-state index in [4.69, 9.17) is 58.4 Å². The zero-order valence-electron chi connectivity index (χ0n) is 37.6. The predicted molar refractivity (Wildman–Crippen MR) is 234 cm³/mol. The van der Waals surface area contributed by atoms with Gasteiger partial charge >= 0.3 is 36.1 Å². The number of nitrogens with one attached hydrogen (secondary N) is 2. The fraction of sp³-hybridized carbons (Fsp3) is 0.400. The van der Waals surface area contributed by atoms with Crippen molar-refractivity contribution in [1.29, 1.82) is 0 Å². The van der Waals surface area contributed by atoms with E-state index in [9.17, 15) is 47.9 Å². The summed E-state index contributed by atoms with van der Waals surface area (Å²) < 4.78 is 39.8. The minimum Gasteiger partial charge on any atom is -0.462 e. The Morgan fingerprint density at radius 1 is 0.757 bits per heavy atom. The van der Waals surface area contributed by atoms with E-state index in [1.807, 2.05) is 0 Å². The van der Waals surface area contributed by atoms with E-state index < -0.39 is 101 Å². The monoisotopic (exact) mass is 1020 g/mol. The lowest BCUT2D eigenvalue weighted by molar-refractivity contribution is -0.189. The molecule has 0 saturated carbocycles. The molecule has 376 valence electrons. The summed E-state index contributed by atoms with van der Waals surface area (Å²) in [4.78, 5) is 133. The molecule has 2 aromatic heterocycles. The van der Waals surface area contributed by atoms with Gasteiger partial charge in [0, 0.05) is 44.6 Å². The van der Waals surface area contributed by atoms with Crippen LogP contribution in [-0.2, 0) is 76.5 Å². The van der Waals surface area contributed by atoms with E-state index in [0.29, 0.717) is 0 Å². The number of β-lactam (4-membered cyclic amide) rings is 2. The minimum atomic E-state index is -1.31. The number of hydrogen-bond acceptors (Lipinski definition) is 24. The molecule has 7 atom stereocenters. The van der Waals surface area contributed by atoms with Gasteiger partial charge in [-0.25, -0.2) is 19.2 Å². The molecule has 70 heavy (non-hydrogen) atoms. The Morgan fingerprint density at radius 3 is 1.76 bits per heavy atom. The van der Waals surface area contributed by atoms with Crippen molar-refractivity contribution < 1.29 is 94.9 Å². The number of nitrogens with zero attached hydrogens (tertiary/aromatic N) is 4. The average Bonchev–Trinajstić information content (AvgIpc) is 4.04. The summed E-state index contributed by atoms with van der Waals surface area (Å²) in [5.41, 5.74) is 9.92. The summed E-state index contributed by atoms with van der Waals surface area (Å²) in [5.74, 6) is -5.60. The average molecular weight is 1020 g/mol. The summed E-state index contributed by atoms with van der Waals surface area (Å²) >= 11 is 2.32. The highest BCUT2D eigenvalue weighted by atomic mass is 32.2. The van der Waals surface area contributed by atoms with E-state index in [1.165, 1.54) is 69.9 Å². The minimum absolute atomic E-state index is 0.121. The topological polar surface area (TPSA) is 378 Å². The van der Waals surface area contributed by atoms with E-state index in [2.05, 4.69) is 20.9 Å². The Hall–Kier alpha value is -8.02. The Kier molecular flexibility index (Phi) is 18.0. The molecule has 6 N–H and O–H groups in total. The molecule has 2 fully saturated rings. The highest BCUT2D eigenvalue weighted by Gasteiger charge is 2.57. The van der Waals surface area contributed by atoms with Crippen LogP contribution in [0.15, 0.2) is 78.2 Å². The van der Waals surface area contributed by atoms with Crippen LogP contribution in [-0.4, -0.2) is 156 Å². The zero-order chi connectivity index (χ0) is 51.4. The molecule has 0 bridgehead atoms. The fourth-order valence-corrected chi connectivity index (χ4v) is 9.22. The van der Waals surface area contributed by atoms with Gasteiger partial charge < -0.3 is 73.9 Å². The summed E-state index contributed by atoms with van der Waals surface area (Å²) in [7, 11) is 2.50. The quantitative estimate of drug-likeness (QED) is 0.0371. The van der Waals surface area contributed by atoms with Crippen LogP contribution in [0.25, 0.3) is 0 Å². The molecular formula is C40H44N8O20S2. The smallest absolute Gasteiger partial charge is 0.404 e. The van der Waals surface area contributed by atoms with Gasteiger partial charge in [-0.1, -0.05) is 10.3 Å². The molecule has 28 nitrogen and oxygen atoms in total. The summed E-state index contributed by atoms with van der Waals surface area (Å²) in [6, 6.07) is 2.73. The van der Waals surface area contributed by atoms with Crippen molar-refractivity contribution in [1.82, 2.24) is 20.4 Å². The first-order valence-corrected chi connectivity index (χ1v) is 22.1. The Balaban J connectivity index is 0.000000261. The van der Waals surface area contributed by atoms with Crippen LogP contribution in [0.3, 0.4) is 0 Å². The highest BCUT2D eigenvalue weighted by Crippen LogP contribution is 2.42. The van der Waals surface area contributed by atoms with Crippen molar-refractivity contribution in [2.75, 3.05) is 33.2 Å². The number of oxime groups is 2. The zero-order valence-corrected chi connectivity index (χ0v) is 39.3. The van der Waals surface area contributed by atoms with Crippen LogP contribution in [0.1, 0.15) is 39.2 Å². The lowest BCUT2D eigenvalue weighted by Crippen LogP contribution is -2.74. The van der Waals surface area contributed by atoms with Crippen molar-refractivity contribution in [3.63, 3.8) is 0 Å². The Morgan fingerprint density at radius 2 is 1.27 bits per heavy atom. The Labute approximate surface area is 403 Å². The number of amides is 6.